The van der Waals surface area contributed by atoms with Crippen LogP contribution in [0.5, 0.6) is 0 Å². The van der Waals surface area contributed by atoms with Crippen molar-refractivity contribution in [2.75, 3.05) is 12.4 Å². The van der Waals surface area contributed by atoms with E-state index in [0.717, 1.165) is 40.1 Å². The lowest BCUT2D eigenvalue weighted by Crippen LogP contribution is -2.43. The van der Waals surface area contributed by atoms with E-state index < -0.39 is 5.97 Å². The van der Waals surface area contributed by atoms with Crippen LogP contribution in [0, 0.1) is 26.7 Å². The van der Waals surface area contributed by atoms with E-state index in [2.05, 4.69) is 29.1 Å². The highest BCUT2D eigenvalue weighted by Gasteiger charge is 2.23. The van der Waals surface area contributed by atoms with Crippen molar-refractivity contribution in [1.82, 2.24) is 15.3 Å². The van der Waals surface area contributed by atoms with Crippen molar-refractivity contribution in [1.29, 1.82) is 0 Å². The first kappa shape index (κ1) is 21.0. The zero-order valence-electron chi connectivity index (χ0n) is 16.8. The molecule has 28 heavy (non-hydrogen) atoms. The summed E-state index contributed by atoms with van der Waals surface area (Å²) in [5, 5.41) is 4.80. The Bertz CT molecular complexity index is 881. The summed E-state index contributed by atoms with van der Waals surface area (Å²) < 4.78 is 5.17. The highest BCUT2D eigenvalue weighted by atomic mass is 32.2. The van der Waals surface area contributed by atoms with Gasteiger partial charge in [0.1, 0.15) is 15.7 Å². The molecule has 1 aliphatic carbocycles. The van der Waals surface area contributed by atoms with Crippen LogP contribution in [-0.4, -0.2) is 40.2 Å². The molecule has 1 amide bonds. The Morgan fingerprint density at radius 3 is 2.71 bits per heavy atom. The van der Waals surface area contributed by atoms with Crippen molar-refractivity contribution in [2.45, 2.75) is 64.4 Å². The van der Waals surface area contributed by atoms with E-state index >= 15 is 0 Å². The number of amides is 1. The summed E-state index contributed by atoms with van der Waals surface area (Å²) >= 11 is 2.98. The predicted octanol–water partition coefficient (Wildman–Crippen LogP) is 3.95. The van der Waals surface area contributed by atoms with Gasteiger partial charge in [0.05, 0.1) is 5.75 Å². The van der Waals surface area contributed by atoms with Crippen LogP contribution in [0.4, 0.5) is 0 Å². The van der Waals surface area contributed by atoms with Crippen molar-refractivity contribution >= 4 is 45.2 Å². The molecule has 1 fully saturated rings. The third-order valence-corrected chi connectivity index (χ3v) is 7.31. The summed E-state index contributed by atoms with van der Waals surface area (Å²) in [4.78, 5) is 35.3. The molecule has 3 rings (SSSR count). The normalized spacial score (nSPS) is 19.6. The number of fused-ring (bicyclic) bond motifs is 1. The molecule has 8 heteroatoms. The van der Waals surface area contributed by atoms with E-state index in [-0.39, 0.29) is 24.3 Å². The summed E-state index contributed by atoms with van der Waals surface area (Å²) in [5.41, 5.74) is 1.15. The topological polar surface area (TPSA) is 81.2 Å². The molecule has 0 saturated heterocycles. The van der Waals surface area contributed by atoms with Crippen LogP contribution in [-0.2, 0) is 14.3 Å². The van der Waals surface area contributed by atoms with Gasteiger partial charge in [0.2, 0.25) is 0 Å². The van der Waals surface area contributed by atoms with Crippen LogP contribution in [0.15, 0.2) is 5.03 Å². The average molecular weight is 422 g/mol. The minimum absolute atomic E-state index is 0.118. The van der Waals surface area contributed by atoms with E-state index in [1.54, 1.807) is 11.3 Å². The molecule has 1 aliphatic rings. The zero-order valence-corrected chi connectivity index (χ0v) is 18.5. The van der Waals surface area contributed by atoms with Crippen LogP contribution in [0.2, 0.25) is 0 Å². The number of aromatic nitrogens is 2. The molecule has 0 radical (unpaired) electrons. The Labute approximate surface area is 173 Å². The molecule has 0 spiro atoms. The molecule has 2 aromatic rings. The third-order valence-electron chi connectivity index (χ3n) is 5.26. The predicted molar refractivity (Wildman–Crippen MR) is 113 cm³/mol. The van der Waals surface area contributed by atoms with E-state index in [0.29, 0.717) is 11.7 Å². The fraction of sp³-hybridized carbons (Fsp3) is 0.600. The standard InChI is InChI=1S/C20H27N3O3S2/c1-11-7-5-6-8-15(11)23-16(24)9-26-17(25)10-27-19-18-12(2)13(3)28-20(18)22-14(4)21-19/h11,15H,5-10H2,1-4H3,(H,23,24)/t11-,15-/m1/s1. The molecule has 0 aromatic carbocycles. The molecule has 0 unspecified atom stereocenters. The van der Waals surface area contributed by atoms with E-state index in [4.69, 9.17) is 4.74 Å². The zero-order chi connectivity index (χ0) is 20.3. The van der Waals surface area contributed by atoms with E-state index in [1.807, 2.05) is 13.8 Å². The Morgan fingerprint density at radius 1 is 1.21 bits per heavy atom. The van der Waals surface area contributed by atoms with Gasteiger partial charge in [0, 0.05) is 16.3 Å². The molecule has 152 valence electrons. The number of ether oxygens (including phenoxy) is 1. The van der Waals surface area contributed by atoms with Crippen LogP contribution >= 0.6 is 23.1 Å². The number of hydrogen-bond acceptors (Lipinski definition) is 7. The molecule has 1 N–H and O–H groups in total. The number of aryl methyl sites for hydroxylation is 3. The van der Waals surface area contributed by atoms with Gasteiger partial charge in [-0.05, 0) is 45.1 Å². The molecule has 2 aromatic heterocycles. The highest BCUT2D eigenvalue weighted by molar-refractivity contribution is 8.00. The molecule has 2 heterocycles. The first-order chi connectivity index (χ1) is 13.3. The van der Waals surface area contributed by atoms with Gasteiger partial charge in [-0.3, -0.25) is 9.59 Å². The smallest absolute Gasteiger partial charge is 0.316 e. The minimum Gasteiger partial charge on any atom is -0.455 e. The number of nitrogens with one attached hydrogen (secondary N) is 1. The lowest BCUT2D eigenvalue weighted by molar-refractivity contribution is -0.146. The number of carbonyl (C=O) groups is 2. The average Bonchev–Trinajstić information content (AvgIpc) is 2.93. The fourth-order valence-electron chi connectivity index (χ4n) is 3.51. The lowest BCUT2D eigenvalue weighted by Gasteiger charge is -2.29. The largest absolute Gasteiger partial charge is 0.455 e. The van der Waals surface area contributed by atoms with Crippen molar-refractivity contribution in [3.05, 3.63) is 16.3 Å². The molecule has 1 saturated carbocycles. The third kappa shape index (κ3) is 5.03. The van der Waals surface area contributed by atoms with Gasteiger partial charge < -0.3 is 10.1 Å². The number of nitrogens with zero attached hydrogens (tertiary/aromatic N) is 2. The van der Waals surface area contributed by atoms with Crippen LogP contribution < -0.4 is 5.32 Å². The summed E-state index contributed by atoms with van der Waals surface area (Å²) in [7, 11) is 0. The summed E-state index contributed by atoms with van der Waals surface area (Å²) in [6.07, 6.45) is 4.49. The molecule has 6 nitrogen and oxygen atoms in total. The van der Waals surface area contributed by atoms with E-state index in [9.17, 15) is 9.59 Å². The first-order valence-corrected chi connectivity index (χ1v) is 11.5. The van der Waals surface area contributed by atoms with Gasteiger partial charge in [-0.2, -0.15) is 0 Å². The SMILES string of the molecule is Cc1nc(SCC(=O)OCC(=O)N[C@@H]2CCCC[C@H]2C)c2c(C)c(C)sc2n1. The van der Waals surface area contributed by atoms with Gasteiger partial charge >= 0.3 is 5.97 Å². The molecular weight excluding hydrogens is 394 g/mol. The number of esters is 1. The number of thiophene rings is 1. The van der Waals surface area contributed by atoms with Crippen LogP contribution in [0.1, 0.15) is 48.9 Å². The first-order valence-electron chi connectivity index (χ1n) is 9.67. The van der Waals surface area contributed by atoms with Crippen molar-refractivity contribution in [3.63, 3.8) is 0 Å². The fourth-order valence-corrected chi connectivity index (χ4v) is 5.58. The summed E-state index contributed by atoms with van der Waals surface area (Å²) in [5.74, 6) is 0.648. The monoisotopic (exact) mass is 421 g/mol. The van der Waals surface area contributed by atoms with Gasteiger partial charge in [-0.25, -0.2) is 9.97 Å². The second-order valence-corrected chi connectivity index (χ2v) is 9.59. The molecule has 0 bridgehead atoms. The maximum Gasteiger partial charge on any atom is 0.316 e. The second kappa shape index (κ2) is 9.22. The Morgan fingerprint density at radius 2 is 1.96 bits per heavy atom. The van der Waals surface area contributed by atoms with Crippen LogP contribution in [0.3, 0.4) is 0 Å². The number of rotatable bonds is 6. The maximum absolute atomic E-state index is 12.1. The second-order valence-electron chi connectivity index (χ2n) is 7.42. The van der Waals surface area contributed by atoms with Crippen LogP contribution in [0.25, 0.3) is 10.2 Å². The van der Waals surface area contributed by atoms with Gasteiger partial charge in [0.25, 0.3) is 5.91 Å². The molecular formula is C20H27N3O3S2. The van der Waals surface area contributed by atoms with Crippen molar-refractivity contribution in [3.8, 4) is 0 Å². The summed E-state index contributed by atoms with van der Waals surface area (Å²) in [6.45, 7) is 7.89. The quantitative estimate of drug-likeness (QED) is 0.432. The van der Waals surface area contributed by atoms with Crippen molar-refractivity contribution < 1.29 is 14.3 Å². The minimum atomic E-state index is -0.411. The van der Waals surface area contributed by atoms with E-state index in [1.165, 1.54) is 23.1 Å². The lowest BCUT2D eigenvalue weighted by atomic mass is 9.86. The number of carbonyl (C=O) groups excluding carboxylic acids is 2. The Hall–Kier alpha value is -1.67. The Balaban J connectivity index is 1.52. The highest BCUT2D eigenvalue weighted by Crippen LogP contribution is 2.35. The molecule has 0 aliphatic heterocycles. The number of thioether (sulfide) groups is 1. The van der Waals surface area contributed by atoms with Crippen molar-refractivity contribution in [2.24, 2.45) is 5.92 Å². The van der Waals surface area contributed by atoms with Gasteiger partial charge in [-0.1, -0.05) is 31.5 Å². The summed E-state index contributed by atoms with van der Waals surface area (Å²) in [6, 6.07) is 0.191. The Kier molecular flexibility index (Phi) is 6.93. The number of hydrogen-bond donors (Lipinski definition) is 1. The maximum atomic E-state index is 12.1. The van der Waals surface area contributed by atoms with Gasteiger partial charge in [0.15, 0.2) is 6.61 Å². The van der Waals surface area contributed by atoms with Gasteiger partial charge in [-0.15, -0.1) is 11.3 Å². The molecule has 2 atom stereocenters.